The van der Waals surface area contributed by atoms with Crippen molar-refractivity contribution in [1.82, 2.24) is 0 Å². The van der Waals surface area contributed by atoms with E-state index >= 15 is 0 Å². The summed E-state index contributed by atoms with van der Waals surface area (Å²) in [5.74, 6) is 0. The van der Waals surface area contributed by atoms with Crippen molar-refractivity contribution in [3.63, 3.8) is 0 Å². The maximum Gasteiger partial charge on any atom is 0.159 e. The van der Waals surface area contributed by atoms with E-state index in [0.29, 0.717) is 0 Å². The summed E-state index contributed by atoms with van der Waals surface area (Å²) in [5.41, 5.74) is 20.0. The monoisotopic (exact) mass is 866 g/mol. The molecule has 1 unspecified atom stereocenters. The minimum Gasteiger partial charge on any atom is -0.454 e. The first-order valence-electron chi connectivity index (χ1n) is 23.4. The van der Waals surface area contributed by atoms with Crippen LogP contribution in [0, 0.1) is 0 Å². The zero-order valence-electron chi connectivity index (χ0n) is 37.1. The standard InChI is InChI=1S/C65H42N2O/c1-4-20-44(21-5-1)63-49-26-11-10-19-43(49)35-40-60(63)67(61-33-18-30-55-54-29-14-17-34-62(54)68-64(55)61)48-37-39-53-51-28-13-16-32-57(51)65(59(53)42-48)56-31-15-12-27-50(56)52-38-36-47(41-58(52)65)66(45-22-6-2-7-23-45)46-24-8-3-9-25-46/h1-42H. The molecule has 3 nitrogen and oxygen atoms in total. The van der Waals surface area contributed by atoms with E-state index in [9.17, 15) is 0 Å². The molecule has 0 amide bonds. The normalized spacial score (nSPS) is 14.2. The van der Waals surface area contributed by atoms with E-state index in [1.165, 1.54) is 60.8 Å². The van der Waals surface area contributed by atoms with Gasteiger partial charge in [0.2, 0.25) is 0 Å². The summed E-state index contributed by atoms with van der Waals surface area (Å²) in [6.07, 6.45) is 0. The first-order chi connectivity index (χ1) is 33.8. The Bertz CT molecular complexity index is 3880. The Kier molecular flexibility index (Phi) is 8.50. The van der Waals surface area contributed by atoms with Crippen LogP contribution in [0.4, 0.5) is 34.1 Å². The third-order valence-electron chi connectivity index (χ3n) is 14.4. The van der Waals surface area contributed by atoms with Crippen molar-refractivity contribution in [3.8, 4) is 33.4 Å². The lowest BCUT2D eigenvalue weighted by atomic mass is 9.70. The van der Waals surface area contributed by atoms with Crippen LogP contribution in [0.15, 0.2) is 259 Å². The van der Waals surface area contributed by atoms with E-state index in [2.05, 4.69) is 265 Å². The van der Waals surface area contributed by atoms with Crippen molar-refractivity contribution in [2.24, 2.45) is 0 Å². The predicted octanol–water partition coefficient (Wildman–Crippen LogP) is 17.7. The van der Waals surface area contributed by atoms with Crippen molar-refractivity contribution >= 4 is 66.8 Å². The Morgan fingerprint density at radius 3 is 1.49 bits per heavy atom. The topological polar surface area (TPSA) is 19.6 Å². The van der Waals surface area contributed by atoms with E-state index in [-0.39, 0.29) is 0 Å². The number of fused-ring (bicyclic) bond motifs is 14. The van der Waals surface area contributed by atoms with E-state index < -0.39 is 5.41 Å². The summed E-state index contributed by atoms with van der Waals surface area (Å²) in [6.45, 7) is 0. The van der Waals surface area contributed by atoms with Crippen LogP contribution in [-0.4, -0.2) is 0 Å². The minimum atomic E-state index is -0.619. The van der Waals surface area contributed by atoms with E-state index in [1.54, 1.807) is 0 Å². The van der Waals surface area contributed by atoms with Crippen LogP contribution in [0.2, 0.25) is 0 Å². The zero-order chi connectivity index (χ0) is 44.8. The van der Waals surface area contributed by atoms with Gasteiger partial charge in [-0.2, -0.15) is 0 Å². The van der Waals surface area contributed by atoms with Crippen molar-refractivity contribution in [2.75, 3.05) is 9.80 Å². The quantitative estimate of drug-likeness (QED) is 0.159. The van der Waals surface area contributed by atoms with Gasteiger partial charge in [0.05, 0.1) is 16.8 Å². The maximum absolute atomic E-state index is 6.93. The Hall–Kier alpha value is -8.92. The van der Waals surface area contributed by atoms with Gasteiger partial charge >= 0.3 is 0 Å². The summed E-state index contributed by atoms with van der Waals surface area (Å²) < 4.78 is 6.93. The second-order valence-electron chi connectivity index (χ2n) is 17.9. The second kappa shape index (κ2) is 15.1. The van der Waals surface area contributed by atoms with Gasteiger partial charge in [0.15, 0.2) is 5.58 Å². The van der Waals surface area contributed by atoms with Crippen LogP contribution >= 0.6 is 0 Å². The minimum absolute atomic E-state index is 0.619. The van der Waals surface area contributed by atoms with Crippen LogP contribution in [0.5, 0.6) is 0 Å². The van der Waals surface area contributed by atoms with E-state index in [4.69, 9.17) is 4.42 Å². The molecule has 0 bridgehead atoms. The number of rotatable bonds is 7. The van der Waals surface area contributed by atoms with Crippen molar-refractivity contribution in [1.29, 1.82) is 0 Å². The number of benzene rings is 11. The van der Waals surface area contributed by atoms with Crippen LogP contribution in [0.25, 0.3) is 66.1 Å². The number of para-hydroxylation sites is 4. The molecule has 11 aromatic carbocycles. The lowest BCUT2D eigenvalue weighted by molar-refractivity contribution is 0.669. The molecule has 0 saturated carbocycles. The van der Waals surface area contributed by atoms with Gasteiger partial charge in [0, 0.05) is 39.1 Å². The van der Waals surface area contributed by atoms with Crippen LogP contribution < -0.4 is 9.80 Å². The van der Waals surface area contributed by atoms with Gasteiger partial charge in [-0.25, -0.2) is 0 Å². The summed E-state index contributed by atoms with van der Waals surface area (Å²) in [4.78, 5) is 4.84. The molecule has 1 atom stereocenters. The third kappa shape index (κ3) is 5.54. The summed E-state index contributed by atoms with van der Waals surface area (Å²) in [5, 5.41) is 4.57. The Balaban J connectivity index is 1.07. The van der Waals surface area contributed by atoms with Gasteiger partial charge in [-0.1, -0.05) is 188 Å². The second-order valence-corrected chi connectivity index (χ2v) is 17.9. The predicted molar refractivity (Wildman–Crippen MR) is 282 cm³/mol. The molecule has 2 aliphatic carbocycles. The Morgan fingerprint density at radius 1 is 0.309 bits per heavy atom. The lowest BCUT2D eigenvalue weighted by Crippen LogP contribution is -2.26. The molecule has 14 rings (SSSR count). The van der Waals surface area contributed by atoms with Gasteiger partial charge in [0.25, 0.3) is 0 Å². The highest BCUT2D eigenvalue weighted by Crippen LogP contribution is 2.64. The molecule has 3 heteroatoms. The fourth-order valence-corrected chi connectivity index (χ4v) is 11.7. The molecule has 12 aromatic rings. The molecule has 318 valence electrons. The molecule has 0 fully saturated rings. The first-order valence-corrected chi connectivity index (χ1v) is 23.4. The van der Waals surface area contributed by atoms with Gasteiger partial charge in [-0.15, -0.1) is 0 Å². The first kappa shape index (κ1) is 38.4. The van der Waals surface area contributed by atoms with Gasteiger partial charge < -0.3 is 14.2 Å². The summed E-state index contributed by atoms with van der Waals surface area (Å²) in [6, 6.07) is 93.1. The van der Waals surface area contributed by atoms with Crippen LogP contribution in [0.1, 0.15) is 22.3 Å². The van der Waals surface area contributed by atoms with Crippen LogP contribution in [0.3, 0.4) is 0 Å². The van der Waals surface area contributed by atoms with Gasteiger partial charge in [-0.3, -0.25) is 0 Å². The summed E-state index contributed by atoms with van der Waals surface area (Å²) in [7, 11) is 0. The van der Waals surface area contributed by atoms with Crippen molar-refractivity contribution in [2.45, 2.75) is 5.41 Å². The number of anilines is 6. The summed E-state index contributed by atoms with van der Waals surface area (Å²) >= 11 is 0. The SMILES string of the molecule is c1ccc(-c2c(N(c3ccc4c(c3)C3(c5ccccc5-c5ccc(N(c6ccccc6)c6ccccc6)cc53)c3ccccc3-4)c3cccc4c3oc3ccccc34)ccc3ccccc23)cc1. The lowest BCUT2D eigenvalue weighted by Gasteiger charge is -2.34. The fraction of sp³-hybridized carbons (Fsp3) is 0.0154. The molecule has 1 heterocycles. The molecule has 0 N–H and O–H groups in total. The average Bonchev–Trinajstić information content (AvgIpc) is 4.04. The van der Waals surface area contributed by atoms with Gasteiger partial charge in [0.1, 0.15) is 5.58 Å². The third-order valence-corrected chi connectivity index (χ3v) is 14.4. The molecular formula is C65H42N2O. The number of furan rings is 1. The maximum atomic E-state index is 6.93. The highest BCUT2D eigenvalue weighted by Gasteiger charge is 2.52. The molecule has 0 aliphatic heterocycles. The average molecular weight is 867 g/mol. The van der Waals surface area contributed by atoms with Crippen LogP contribution in [-0.2, 0) is 5.41 Å². The zero-order valence-corrected chi connectivity index (χ0v) is 37.1. The molecule has 1 aromatic heterocycles. The molecule has 2 aliphatic rings. The van der Waals surface area contributed by atoms with E-state index in [0.717, 1.165) is 61.6 Å². The Morgan fingerprint density at radius 2 is 0.824 bits per heavy atom. The smallest absolute Gasteiger partial charge is 0.159 e. The molecular weight excluding hydrogens is 825 g/mol. The molecule has 0 saturated heterocycles. The molecule has 1 spiro atoms. The van der Waals surface area contributed by atoms with Crippen molar-refractivity contribution in [3.05, 3.63) is 277 Å². The molecule has 68 heavy (non-hydrogen) atoms. The number of hydrogen-bond donors (Lipinski definition) is 0. The van der Waals surface area contributed by atoms with E-state index in [1.807, 2.05) is 0 Å². The Labute approximate surface area is 395 Å². The molecule has 0 radical (unpaired) electrons. The van der Waals surface area contributed by atoms with Crippen molar-refractivity contribution < 1.29 is 4.42 Å². The fourth-order valence-electron chi connectivity index (χ4n) is 11.7. The highest BCUT2D eigenvalue weighted by molar-refractivity contribution is 6.13. The largest absolute Gasteiger partial charge is 0.454 e. The number of hydrogen-bond acceptors (Lipinski definition) is 3. The number of nitrogens with zero attached hydrogens (tertiary/aromatic N) is 2. The van der Waals surface area contributed by atoms with Gasteiger partial charge in [-0.05, 0) is 128 Å². The highest BCUT2D eigenvalue weighted by atomic mass is 16.3.